The van der Waals surface area contributed by atoms with Gasteiger partial charge in [0.1, 0.15) is 0 Å². The van der Waals surface area contributed by atoms with Gasteiger partial charge in [-0.25, -0.2) is 0 Å². The molecule has 1 saturated heterocycles. The van der Waals surface area contributed by atoms with Gasteiger partial charge in [0, 0.05) is 24.6 Å². The summed E-state index contributed by atoms with van der Waals surface area (Å²) in [5, 5.41) is 1.87. The highest BCUT2D eigenvalue weighted by molar-refractivity contribution is 6.07. The Morgan fingerprint density at radius 2 is 1.53 bits per heavy atom. The first-order chi connectivity index (χ1) is 15.3. The molecule has 1 aliphatic rings. The Morgan fingerprint density at radius 1 is 0.875 bits per heavy atom. The minimum Gasteiger partial charge on any atom is -0.339 e. The number of anilines is 1. The maximum Gasteiger partial charge on any atom is 0.418 e. The molecule has 0 aliphatic carbocycles. The third-order valence-electron chi connectivity index (χ3n) is 5.73. The molecule has 0 spiro atoms. The van der Waals surface area contributed by atoms with E-state index in [0.29, 0.717) is 31.5 Å². The fourth-order valence-electron chi connectivity index (χ4n) is 4.00. The number of amides is 2. The summed E-state index contributed by atoms with van der Waals surface area (Å²) in [6, 6.07) is 18.2. The summed E-state index contributed by atoms with van der Waals surface area (Å²) in [6.07, 6.45) is -3.66. The van der Waals surface area contributed by atoms with Crippen molar-refractivity contribution in [1.29, 1.82) is 0 Å². The lowest BCUT2D eigenvalue weighted by molar-refractivity contribution is -0.137. The Morgan fingerprint density at radius 3 is 2.28 bits per heavy atom. The second kappa shape index (κ2) is 8.90. The first-order valence-corrected chi connectivity index (χ1v) is 10.3. The Hall–Kier alpha value is -3.55. The molecule has 3 aromatic carbocycles. The minimum atomic E-state index is -4.53. The van der Waals surface area contributed by atoms with E-state index < -0.39 is 17.7 Å². The molecule has 0 bridgehead atoms. The largest absolute Gasteiger partial charge is 0.418 e. The lowest BCUT2D eigenvalue weighted by Gasteiger charge is -2.31. The van der Waals surface area contributed by atoms with Crippen LogP contribution in [-0.4, -0.2) is 29.8 Å². The van der Waals surface area contributed by atoms with Crippen LogP contribution in [0.4, 0.5) is 18.9 Å². The summed E-state index contributed by atoms with van der Waals surface area (Å²) < 4.78 is 39.3. The van der Waals surface area contributed by atoms with Gasteiger partial charge in [-0.3, -0.25) is 20.4 Å². The fraction of sp³-hybridized carbons (Fsp3) is 0.250. The van der Waals surface area contributed by atoms with E-state index in [9.17, 15) is 22.8 Å². The highest BCUT2D eigenvalue weighted by Gasteiger charge is 2.34. The van der Waals surface area contributed by atoms with Gasteiger partial charge in [0.25, 0.3) is 5.91 Å². The van der Waals surface area contributed by atoms with Crippen LogP contribution in [0.2, 0.25) is 0 Å². The number of carbonyl (C=O) groups is 2. The number of para-hydroxylation sites is 1. The number of hydrogen-bond acceptors (Lipinski definition) is 3. The van der Waals surface area contributed by atoms with Gasteiger partial charge in [-0.1, -0.05) is 48.5 Å². The van der Waals surface area contributed by atoms with Gasteiger partial charge >= 0.3 is 6.18 Å². The Kier molecular flexibility index (Phi) is 6.03. The van der Waals surface area contributed by atoms with Gasteiger partial charge in [0.05, 0.1) is 11.3 Å². The molecule has 5 nitrogen and oxygen atoms in total. The predicted octanol–water partition coefficient (Wildman–Crippen LogP) is 4.85. The molecule has 1 fully saturated rings. The quantitative estimate of drug-likeness (QED) is 0.569. The number of hydrazine groups is 1. The van der Waals surface area contributed by atoms with Gasteiger partial charge in [-0.05, 0) is 41.8 Å². The zero-order valence-electron chi connectivity index (χ0n) is 17.2. The van der Waals surface area contributed by atoms with E-state index in [0.717, 1.165) is 16.8 Å². The normalized spacial score (nSPS) is 14.9. The van der Waals surface area contributed by atoms with Crippen LogP contribution in [0.1, 0.15) is 28.8 Å². The number of rotatable bonds is 4. The second-order valence-corrected chi connectivity index (χ2v) is 7.75. The lowest BCUT2D eigenvalue weighted by Crippen LogP contribution is -2.44. The van der Waals surface area contributed by atoms with Crippen LogP contribution in [-0.2, 0) is 11.0 Å². The van der Waals surface area contributed by atoms with Crippen molar-refractivity contribution in [3.63, 3.8) is 0 Å². The molecule has 0 radical (unpaired) electrons. The van der Waals surface area contributed by atoms with Crippen molar-refractivity contribution < 1.29 is 22.8 Å². The van der Waals surface area contributed by atoms with E-state index in [-0.39, 0.29) is 17.5 Å². The molecular formula is C24H22F3N3O2. The van der Waals surface area contributed by atoms with E-state index in [1.807, 2.05) is 36.4 Å². The molecule has 0 atom stereocenters. The number of nitrogens with one attached hydrogen (secondary N) is 2. The molecule has 0 unspecified atom stereocenters. The van der Waals surface area contributed by atoms with Gasteiger partial charge in [-0.15, -0.1) is 0 Å². The van der Waals surface area contributed by atoms with Crippen molar-refractivity contribution in [2.45, 2.75) is 19.0 Å². The second-order valence-electron chi connectivity index (χ2n) is 7.75. The highest BCUT2D eigenvalue weighted by atomic mass is 19.4. The van der Waals surface area contributed by atoms with Crippen molar-refractivity contribution in [1.82, 2.24) is 10.3 Å². The number of nitrogens with zero attached hydrogens (tertiary/aromatic N) is 1. The Labute approximate surface area is 183 Å². The van der Waals surface area contributed by atoms with E-state index >= 15 is 0 Å². The molecule has 8 heteroatoms. The molecule has 2 amide bonds. The van der Waals surface area contributed by atoms with E-state index in [2.05, 4.69) is 10.9 Å². The zero-order valence-corrected chi connectivity index (χ0v) is 17.2. The van der Waals surface area contributed by atoms with Crippen LogP contribution in [0.3, 0.4) is 0 Å². The average molecular weight is 441 g/mol. The smallest absolute Gasteiger partial charge is 0.339 e. The minimum absolute atomic E-state index is 0.0853. The monoisotopic (exact) mass is 441 g/mol. The number of piperidine rings is 1. The molecule has 1 heterocycles. The SMILES string of the molecule is O=C(NNc1ccccc1C(F)(F)F)C1CCN(C(=O)c2cccc3ccccc23)CC1. The van der Waals surface area contributed by atoms with E-state index in [4.69, 9.17) is 0 Å². The van der Waals surface area contributed by atoms with Crippen LogP contribution in [0.15, 0.2) is 66.7 Å². The number of benzene rings is 3. The molecule has 0 aromatic heterocycles. The number of alkyl halides is 3. The summed E-state index contributed by atoms with van der Waals surface area (Å²) in [4.78, 5) is 27.3. The van der Waals surface area contributed by atoms with Crippen LogP contribution in [0.5, 0.6) is 0 Å². The molecule has 2 N–H and O–H groups in total. The van der Waals surface area contributed by atoms with Gasteiger partial charge in [0.2, 0.25) is 5.91 Å². The first-order valence-electron chi connectivity index (χ1n) is 10.3. The third kappa shape index (κ3) is 4.54. The topological polar surface area (TPSA) is 61.4 Å². The van der Waals surface area contributed by atoms with Crippen molar-refractivity contribution in [3.05, 3.63) is 77.9 Å². The van der Waals surface area contributed by atoms with Crippen LogP contribution in [0, 0.1) is 5.92 Å². The van der Waals surface area contributed by atoms with Gasteiger partial charge in [-0.2, -0.15) is 13.2 Å². The number of halogens is 3. The number of fused-ring (bicyclic) bond motifs is 1. The maximum absolute atomic E-state index is 13.1. The van der Waals surface area contributed by atoms with Crippen molar-refractivity contribution in [2.24, 2.45) is 5.92 Å². The van der Waals surface area contributed by atoms with Crippen molar-refractivity contribution >= 4 is 28.3 Å². The summed E-state index contributed by atoms with van der Waals surface area (Å²) in [7, 11) is 0. The molecule has 0 saturated carbocycles. The molecule has 4 rings (SSSR count). The maximum atomic E-state index is 13.1. The molecule has 3 aromatic rings. The summed E-state index contributed by atoms with van der Waals surface area (Å²) >= 11 is 0. The number of likely N-dealkylation sites (tertiary alicyclic amines) is 1. The Balaban J connectivity index is 1.36. The standard InChI is InChI=1S/C24H22F3N3O2/c25-24(26,27)20-10-3-4-11-21(20)28-29-22(31)17-12-14-30(15-13-17)23(32)19-9-5-7-16-6-1-2-8-18(16)19/h1-11,17,28H,12-15H2,(H,29,31). The van der Waals surface area contributed by atoms with Crippen LogP contribution >= 0.6 is 0 Å². The summed E-state index contributed by atoms with van der Waals surface area (Å²) in [5.41, 5.74) is 4.34. The predicted molar refractivity (Wildman–Crippen MR) is 116 cm³/mol. The fourth-order valence-corrected chi connectivity index (χ4v) is 4.00. The van der Waals surface area contributed by atoms with Gasteiger partial charge in [0.15, 0.2) is 0 Å². The third-order valence-corrected chi connectivity index (χ3v) is 5.73. The van der Waals surface area contributed by atoms with Crippen LogP contribution < -0.4 is 10.9 Å². The number of hydrogen-bond donors (Lipinski definition) is 2. The first kappa shape index (κ1) is 21.7. The molecule has 1 aliphatic heterocycles. The summed E-state index contributed by atoms with van der Waals surface area (Å²) in [6.45, 7) is 0.804. The van der Waals surface area contributed by atoms with E-state index in [1.54, 1.807) is 11.0 Å². The van der Waals surface area contributed by atoms with Crippen molar-refractivity contribution in [2.75, 3.05) is 18.5 Å². The Bertz CT molecular complexity index is 1130. The lowest BCUT2D eigenvalue weighted by atomic mass is 9.95. The summed E-state index contributed by atoms with van der Waals surface area (Å²) in [5.74, 6) is -0.866. The molecule has 166 valence electrons. The van der Waals surface area contributed by atoms with E-state index in [1.165, 1.54) is 18.2 Å². The number of carbonyl (C=O) groups excluding carboxylic acids is 2. The highest BCUT2D eigenvalue weighted by Crippen LogP contribution is 2.34. The zero-order chi connectivity index (χ0) is 22.7. The molecular weight excluding hydrogens is 419 g/mol. The molecule has 32 heavy (non-hydrogen) atoms. The van der Waals surface area contributed by atoms with Gasteiger partial charge < -0.3 is 4.90 Å². The average Bonchev–Trinajstić information content (AvgIpc) is 2.81. The van der Waals surface area contributed by atoms with Crippen molar-refractivity contribution in [3.8, 4) is 0 Å². The van der Waals surface area contributed by atoms with Crippen LogP contribution in [0.25, 0.3) is 10.8 Å².